The van der Waals surface area contributed by atoms with Crippen molar-refractivity contribution in [2.75, 3.05) is 20.2 Å². The molecule has 0 radical (unpaired) electrons. The molecule has 0 aromatic heterocycles. The van der Waals surface area contributed by atoms with Crippen molar-refractivity contribution in [2.45, 2.75) is 29.8 Å². The third-order valence-corrected chi connectivity index (χ3v) is 8.56. The Labute approximate surface area is 220 Å². The molecule has 0 aliphatic carbocycles. The van der Waals surface area contributed by atoms with Crippen LogP contribution in [0.25, 0.3) is 10.8 Å². The summed E-state index contributed by atoms with van der Waals surface area (Å²) < 4.78 is 33.1. The molecule has 11 heteroatoms. The van der Waals surface area contributed by atoms with Crippen LogP contribution in [0.5, 0.6) is 0 Å². The highest BCUT2D eigenvalue weighted by molar-refractivity contribution is 7.89. The monoisotopic (exact) mass is 537 g/mol. The van der Waals surface area contributed by atoms with Gasteiger partial charge in [-0.15, -0.1) is 6.58 Å². The largest absolute Gasteiger partial charge is 0.467 e. The average Bonchev–Trinajstić information content (AvgIpc) is 2.92. The predicted octanol–water partition coefficient (Wildman–Crippen LogP) is 3.31. The Morgan fingerprint density at radius 1 is 1.13 bits per heavy atom. The van der Waals surface area contributed by atoms with Gasteiger partial charge in [-0.2, -0.15) is 4.31 Å². The van der Waals surface area contributed by atoms with E-state index in [0.29, 0.717) is 0 Å². The highest BCUT2D eigenvalue weighted by Gasteiger charge is 2.46. The molecule has 1 saturated heterocycles. The number of nitrogens with zero attached hydrogens (tertiary/aromatic N) is 3. The topological polar surface area (TPSA) is 127 Å². The lowest BCUT2D eigenvalue weighted by molar-refractivity contribution is -0.387. The van der Waals surface area contributed by atoms with Crippen LogP contribution in [-0.4, -0.2) is 66.7 Å². The van der Waals surface area contributed by atoms with E-state index in [1.165, 1.54) is 30.2 Å². The van der Waals surface area contributed by atoms with E-state index in [1.54, 1.807) is 0 Å². The molecule has 1 aliphatic heterocycles. The molecule has 3 aromatic carbocycles. The molecule has 38 heavy (non-hydrogen) atoms. The van der Waals surface area contributed by atoms with E-state index in [9.17, 15) is 28.1 Å². The van der Waals surface area contributed by atoms with Gasteiger partial charge in [-0.25, -0.2) is 13.2 Å². The molecule has 4 rings (SSSR count). The molecule has 198 valence electrons. The van der Waals surface area contributed by atoms with Crippen LogP contribution < -0.4 is 0 Å². The van der Waals surface area contributed by atoms with Crippen LogP contribution in [0.15, 0.2) is 84.3 Å². The van der Waals surface area contributed by atoms with Crippen LogP contribution in [0.4, 0.5) is 5.69 Å². The minimum atomic E-state index is -4.42. The van der Waals surface area contributed by atoms with Gasteiger partial charge in [0.1, 0.15) is 12.1 Å². The van der Waals surface area contributed by atoms with Crippen molar-refractivity contribution in [1.29, 1.82) is 0 Å². The summed E-state index contributed by atoms with van der Waals surface area (Å²) in [4.78, 5) is 38.2. The fourth-order valence-corrected chi connectivity index (χ4v) is 6.50. The van der Waals surface area contributed by atoms with Gasteiger partial charge in [-0.1, -0.05) is 60.7 Å². The Kier molecular flexibility index (Phi) is 7.88. The quantitative estimate of drug-likeness (QED) is 0.177. The molecule has 1 heterocycles. The zero-order valence-corrected chi connectivity index (χ0v) is 21.5. The Morgan fingerprint density at radius 2 is 1.82 bits per heavy atom. The van der Waals surface area contributed by atoms with Gasteiger partial charge in [0, 0.05) is 25.6 Å². The summed E-state index contributed by atoms with van der Waals surface area (Å²) in [5.41, 5.74) is 0.227. The number of nitro benzene ring substituents is 1. The van der Waals surface area contributed by atoms with Crippen molar-refractivity contribution < 1.29 is 27.7 Å². The molecular weight excluding hydrogens is 510 g/mol. The minimum Gasteiger partial charge on any atom is -0.467 e. The SMILES string of the molecule is C=CC[C@H]1C(=O)N([C@@H](Cc2ccc3ccccc3c2)C(=O)OC)CCN1S(=O)(=O)c1ccccc1[N+](=O)[O-]. The van der Waals surface area contributed by atoms with Crippen molar-refractivity contribution in [2.24, 2.45) is 0 Å². The molecule has 0 unspecified atom stereocenters. The number of ether oxygens (including phenoxy) is 1. The number of methoxy groups -OCH3 is 1. The Balaban J connectivity index is 1.67. The van der Waals surface area contributed by atoms with Gasteiger partial charge in [0.2, 0.25) is 5.91 Å². The molecule has 10 nitrogen and oxygen atoms in total. The lowest BCUT2D eigenvalue weighted by Gasteiger charge is -2.42. The fraction of sp³-hybridized carbons (Fsp3) is 0.259. The predicted molar refractivity (Wildman–Crippen MR) is 141 cm³/mol. The van der Waals surface area contributed by atoms with Gasteiger partial charge in [-0.3, -0.25) is 14.9 Å². The maximum Gasteiger partial charge on any atom is 0.328 e. The molecule has 0 bridgehead atoms. The summed E-state index contributed by atoms with van der Waals surface area (Å²) in [6, 6.07) is 16.3. The van der Waals surface area contributed by atoms with Crippen LogP contribution in [0.1, 0.15) is 12.0 Å². The normalized spacial score (nSPS) is 17.2. The van der Waals surface area contributed by atoms with E-state index < -0.39 is 49.5 Å². The Bertz CT molecular complexity index is 1510. The molecule has 0 N–H and O–H groups in total. The van der Waals surface area contributed by atoms with Crippen molar-refractivity contribution in [1.82, 2.24) is 9.21 Å². The number of carbonyl (C=O) groups excluding carboxylic acids is 2. The minimum absolute atomic E-state index is 0.0426. The number of amides is 1. The first-order chi connectivity index (χ1) is 18.2. The standard InChI is InChI=1S/C27H27N3O7S/c1-3-8-23-26(31)28(15-16-29(23)38(35,36)25-12-7-6-11-22(25)30(33)34)24(27(32)37-2)18-19-13-14-20-9-4-5-10-21(20)17-19/h3-7,9-14,17,23-24H,1,8,15-16,18H2,2H3/t23-,24-/m0/s1. The van der Waals surface area contributed by atoms with Gasteiger partial charge < -0.3 is 9.64 Å². The summed E-state index contributed by atoms with van der Waals surface area (Å²) in [6.07, 6.45) is 1.53. The molecular formula is C27H27N3O7S. The third-order valence-electron chi connectivity index (χ3n) is 6.61. The van der Waals surface area contributed by atoms with E-state index >= 15 is 0 Å². The fourth-order valence-electron chi connectivity index (χ4n) is 4.76. The first-order valence-electron chi connectivity index (χ1n) is 11.9. The Hall–Kier alpha value is -4.09. The number of piperazine rings is 1. The molecule has 1 aliphatic rings. The number of benzene rings is 3. The first kappa shape index (κ1) is 27.0. The molecule has 1 fully saturated rings. The van der Waals surface area contributed by atoms with Crippen molar-refractivity contribution in [3.05, 3.63) is 95.1 Å². The number of fused-ring (bicyclic) bond motifs is 1. The van der Waals surface area contributed by atoms with E-state index in [1.807, 2.05) is 42.5 Å². The molecule has 3 aromatic rings. The zero-order valence-electron chi connectivity index (χ0n) is 20.7. The van der Waals surface area contributed by atoms with Crippen LogP contribution in [-0.2, 0) is 30.8 Å². The van der Waals surface area contributed by atoms with Crippen LogP contribution >= 0.6 is 0 Å². The van der Waals surface area contributed by atoms with Crippen LogP contribution in [0, 0.1) is 10.1 Å². The second-order valence-corrected chi connectivity index (χ2v) is 10.7. The van der Waals surface area contributed by atoms with Gasteiger partial charge in [0.25, 0.3) is 15.7 Å². The lowest BCUT2D eigenvalue weighted by Crippen LogP contribution is -2.62. The summed E-state index contributed by atoms with van der Waals surface area (Å²) in [5.74, 6) is -1.23. The smallest absolute Gasteiger partial charge is 0.328 e. The number of para-hydroxylation sites is 1. The maximum absolute atomic E-state index is 13.7. The zero-order chi connectivity index (χ0) is 27.4. The molecule has 0 saturated carbocycles. The average molecular weight is 538 g/mol. The summed E-state index contributed by atoms with van der Waals surface area (Å²) >= 11 is 0. The third kappa shape index (κ3) is 5.15. The van der Waals surface area contributed by atoms with E-state index in [0.717, 1.165) is 32.8 Å². The number of rotatable bonds is 9. The number of nitro groups is 1. The highest BCUT2D eigenvalue weighted by atomic mass is 32.2. The second-order valence-electron chi connectivity index (χ2n) is 8.84. The van der Waals surface area contributed by atoms with Gasteiger partial charge in [0.15, 0.2) is 4.90 Å². The summed E-state index contributed by atoms with van der Waals surface area (Å²) in [7, 11) is -3.19. The number of esters is 1. The maximum atomic E-state index is 13.7. The molecule has 2 atom stereocenters. The van der Waals surface area contributed by atoms with Crippen molar-refractivity contribution in [3.63, 3.8) is 0 Å². The van der Waals surface area contributed by atoms with Crippen molar-refractivity contribution in [3.8, 4) is 0 Å². The van der Waals surface area contributed by atoms with Gasteiger partial charge in [-0.05, 0) is 28.8 Å². The van der Waals surface area contributed by atoms with Gasteiger partial charge in [0.05, 0.1) is 12.0 Å². The lowest BCUT2D eigenvalue weighted by atomic mass is 9.99. The highest BCUT2D eigenvalue weighted by Crippen LogP contribution is 2.31. The number of sulfonamides is 1. The van der Waals surface area contributed by atoms with Crippen molar-refractivity contribution >= 4 is 38.4 Å². The van der Waals surface area contributed by atoms with E-state index in [4.69, 9.17) is 4.74 Å². The Morgan fingerprint density at radius 3 is 2.50 bits per heavy atom. The van der Waals surface area contributed by atoms with Crippen LogP contribution in [0.3, 0.4) is 0 Å². The number of hydrogen-bond acceptors (Lipinski definition) is 7. The number of carbonyl (C=O) groups is 2. The molecule has 0 spiro atoms. The van der Waals surface area contributed by atoms with E-state index in [2.05, 4.69) is 6.58 Å². The molecule has 1 amide bonds. The van der Waals surface area contributed by atoms with Gasteiger partial charge >= 0.3 is 5.97 Å². The van der Waals surface area contributed by atoms with Crippen LogP contribution in [0.2, 0.25) is 0 Å². The summed E-state index contributed by atoms with van der Waals surface area (Å²) in [5, 5.41) is 13.5. The van der Waals surface area contributed by atoms with E-state index in [-0.39, 0.29) is 25.9 Å². The number of hydrogen-bond donors (Lipinski definition) is 0. The second kappa shape index (κ2) is 11.1. The summed E-state index contributed by atoms with van der Waals surface area (Å²) in [6.45, 7) is 3.39. The first-order valence-corrected chi connectivity index (χ1v) is 13.3.